The van der Waals surface area contributed by atoms with Crippen molar-refractivity contribution in [2.24, 2.45) is 11.7 Å². The van der Waals surface area contributed by atoms with Gasteiger partial charge in [-0.15, -0.1) is 0 Å². The van der Waals surface area contributed by atoms with Crippen LogP contribution in [0.15, 0.2) is 18.2 Å². The van der Waals surface area contributed by atoms with Gasteiger partial charge in [0.05, 0.1) is 20.3 Å². The van der Waals surface area contributed by atoms with Crippen LogP contribution in [0, 0.1) is 5.92 Å². The number of nitrogens with zero attached hydrogens (tertiary/aromatic N) is 1. The maximum atomic E-state index is 12.7. The molecule has 23 heavy (non-hydrogen) atoms. The highest BCUT2D eigenvalue weighted by Gasteiger charge is 2.41. The number of amides is 2. The van der Waals surface area contributed by atoms with Crippen LogP contribution in [0.4, 0.5) is 4.79 Å². The van der Waals surface area contributed by atoms with Gasteiger partial charge in [0.2, 0.25) is 0 Å². The van der Waals surface area contributed by atoms with Crippen LogP contribution in [0.2, 0.25) is 0 Å². The highest BCUT2D eigenvalue weighted by molar-refractivity contribution is 5.97. The maximum absolute atomic E-state index is 12.7. The van der Waals surface area contributed by atoms with Crippen LogP contribution in [0.5, 0.6) is 11.5 Å². The molecular weight excluding hydrogens is 300 g/mol. The van der Waals surface area contributed by atoms with E-state index in [9.17, 15) is 9.59 Å². The van der Waals surface area contributed by atoms with Crippen LogP contribution in [-0.4, -0.2) is 43.8 Å². The van der Waals surface area contributed by atoms with Gasteiger partial charge in [0.1, 0.15) is 12.6 Å². The van der Waals surface area contributed by atoms with Crippen LogP contribution in [0.25, 0.3) is 0 Å². The summed E-state index contributed by atoms with van der Waals surface area (Å²) in [4.78, 5) is 25.6. The highest BCUT2D eigenvalue weighted by Crippen LogP contribution is 2.31. The smallest absolute Gasteiger partial charge is 0.417 e. The number of imide groups is 1. The second-order valence-corrected chi connectivity index (χ2v) is 5.69. The number of nitrogens with two attached hydrogens (primary N) is 1. The normalized spacial score (nSPS) is 18.8. The molecule has 1 heterocycles. The number of cyclic esters (lactones) is 1. The molecule has 1 aromatic carbocycles. The van der Waals surface area contributed by atoms with E-state index in [4.69, 9.17) is 19.9 Å². The second kappa shape index (κ2) is 6.87. The van der Waals surface area contributed by atoms with E-state index in [1.807, 2.05) is 13.8 Å². The van der Waals surface area contributed by atoms with Gasteiger partial charge in [0, 0.05) is 0 Å². The standard InChI is InChI=1S/C16H22N2O5/c1-9(2)11-8-23-16(20)18(11)15(19)14(17)10-5-6-12(21-3)13(7-10)22-4/h5-7,9,11,14H,8,17H2,1-4H3/t11-,14+/m1/s1. The Bertz CT molecular complexity index is 602. The van der Waals surface area contributed by atoms with E-state index in [-0.39, 0.29) is 18.6 Å². The molecule has 2 rings (SSSR count). The molecule has 126 valence electrons. The third kappa shape index (κ3) is 3.24. The number of rotatable bonds is 5. The van der Waals surface area contributed by atoms with Crippen LogP contribution in [-0.2, 0) is 9.53 Å². The summed E-state index contributed by atoms with van der Waals surface area (Å²) < 4.78 is 15.4. The van der Waals surface area contributed by atoms with Crippen molar-refractivity contribution in [1.82, 2.24) is 4.90 Å². The first-order valence-corrected chi connectivity index (χ1v) is 7.38. The third-order valence-corrected chi connectivity index (χ3v) is 3.95. The van der Waals surface area contributed by atoms with Crippen molar-refractivity contribution in [3.05, 3.63) is 23.8 Å². The zero-order valence-corrected chi connectivity index (χ0v) is 13.7. The SMILES string of the molecule is COc1ccc([C@H](N)C(=O)N2C(=O)OC[C@@H]2C(C)C)cc1OC. The molecule has 1 aromatic rings. The minimum Gasteiger partial charge on any atom is -0.493 e. The largest absolute Gasteiger partial charge is 0.493 e. The Labute approximate surface area is 135 Å². The molecule has 0 spiro atoms. The Balaban J connectivity index is 2.27. The summed E-state index contributed by atoms with van der Waals surface area (Å²) in [6.45, 7) is 4.05. The molecule has 0 aliphatic carbocycles. The Morgan fingerprint density at radius 2 is 1.96 bits per heavy atom. The summed E-state index contributed by atoms with van der Waals surface area (Å²) in [5.74, 6) is 0.607. The van der Waals surface area contributed by atoms with Gasteiger partial charge >= 0.3 is 6.09 Å². The zero-order chi connectivity index (χ0) is 17.1. The number of hydrogen-bond acceptors (Lipinski definition) is 6. The first-order chi connectivity index (χ1) is 10.9. The fourth-order valence-electron chi connectivity index (χ4n) is 2.52. The average molecular weight is 322 g/mol. The molecule has 0 unspecified atom stereocenters. The van der Waals surface area contributed by atoms with E-state index in [1.165, 1.54) is 14.2 Å². The molecule has 7 nitrogen and oxygen atoms in total. The lowest BCUT2D eigenvalue weighted by atomic mass is 10.0. The number of carbonyl (C=O) groups excluding carboxylic acids is 2. The second-order valence-electron chi connectivity index (χ2n) is 5.69. The molecule has 0 radical (unpaired) electrons. The number of ether oxygens (including phenoxy) is 3. The van der Waals surface area contributed by atoms with E-state index >= 15 is 0 Å². The van der Waals surface area contributed by atoms with Crippen molar-refractivity contribution in [1.29, 1.82) is 0 Å². The lowest BCUT2D eigenvalue weighted by molar-refractivity contribution is -0.131. The fourth-order valence-corrected chi connectivity index (χ4v) is 2.52. The summed E-state index contributed by atoms with van der Waals surface area (Å²) in [5, 5.41) is 0. The van der Waals surface area contributed by atoms with Crippen molar-refractivity contribution in [2.75, 3.05) is 20.8 Å². The van der Waals surface area contributed by atoms with Crippen molar-refractivity contribution in [3.8, 4) is 11.5 Å². The zero-order valence-electron chi connectivity index (χ0n) is 13.7. The van der Waals surface area contributed by atoms with Crippen LogP contribution >= 0.6 is 0 Å². The predicted octanol–water partition coefficient (Wildman–Crippen LogP) is 1.71. The monoisotopic (exact) mass is 322 g/mol. The molecule has 0 bridgehead atoms. The lowest BCUT2D eigenvalue weighted by Crippen LogP contribution is -2.46. The Kier molecular flexibility index (Phi) is 5.10. The number of hydrogen-bond donors (Lipinski definition) is 1. The van der Waals surface area contributed by atoms with E-state index in [1.54, 1.807) is 18.2 Å². The molecule has 0 aromatic heterocycles. The average Bonchev–Trinajstić information content (AvgIpc) is 2.94. The van der Waals surface area contributed by atoms with Crippen molar-refractivity contribution >= 4 is 12.0 Å². The van der Waals surface area contributed by atoms with E-state index in [2.05, 4.69) is 0 Å². The lowest BCUT2D eigenvalue weighted by Gasteiger charge is -2.25. The van der Waals surface area contributed by atoms with Crippen LogP contribution in [0.1, 0.15) is 25.5 Å². The maximum Gasteiger partial charge on any atom is 0.417 e. The number of benzene rings is 1. The molecule has 2 atom stereocenters. The van der Waals surface area contributed by atoms with Crippen LogP contribution < -0.4 is 15.2 Å². The minimum absolute atomic E-state index is 0.0861. The van der Waals surface area contributed by atoms with Gasteiger partial charge in [-0.25, -0.2) is 9.69 Å². The molecule has 1 aliphatic heterocycles. The molecule has 7 heteroatoms. The van der Waals surface area contributed by atoms with Gasteiger partial charge in [0.25, 0.3) is 5.91 Å². The highest BCUT2D eigenvalue weighted by atomic mass is 16.6. The molecule has 2 N–H and O–H groups in total. The number of carbonyl (C=O) groups is 2. The first-order valence-electron chi connectivity index (χ1n) is 7.38. The Morgan fingerprint density at radius 3 is 2.52 bits per heavy atom. The van der Waals surface area contributed by atoms with E-state index in [0.29, 0.717) is 17.1 Å². The summed E-state index contributed by atoms with van der Waals surface area (Å²) in [6.07, 6.45) is -0.648. The topological polar surface area (TPSA) is 91.1 Å². The molecule has 1 saturated heterocycles. The van der Waals surface area contributed by atoms with E-state index in [0.717, 1.165) is 4.90 Å². The summed E-state index contributed by atoms with van der Waals surface area (Å²) >= 11 is 0. The van der Waals surface area contributed by atoms with Crippen molar-refractivity contribution in [3.63, 3.8) is 0 Å². The van der Waals surface area contributed by atoms with Gasteiger partial charge in [0.15, 0.2) is 11.5 Å². The fraction of sp³-hybridized carbons (Fsp3) is 0.500. The van der Waals surface area contributed by atoms with Crippen LogP contribution in [0.3, 0.4) is 0 Å². The summed E-state index contributed by atoms with van der Waals surface area (Å²) in [7, 11) is 3.03. The van der Waals surface area contributed by atoms with Gasteiger partial charge in [-0.2, -0.15) is 0 Å². The third-order valence-electron chi connectivity index (χ3n) is 3.95. The van der Waals surface area contributed by atoms with Crippen molar-refractivity contribution in [2.45, 2.75) is 25.9 Å². The Hall–Kier alpha value is -2.28. The quantitative estimate of drug-likeness (QED) is 0.887. The Morgan fingerprint density at radius 1 is 1.30 bits per heavy atom. The van der Waals surface area contributed by atoms with Gasteiger partial charge in [-0.05, 0) is 23.6 Å². The molecule has 1 fully saturated rings. The predicted molar refractivity (Wildman–Crippen MR) is 83.3 cm³/mol. The van der Waals surface area contributed by atoms with Gasteiger partial charge in [-0.3, -0.25) is 4.79 Å². The molecular formula is C16H22N2O5. The number of methoxy groups -OCH3 is 2. The first kappa shape index (κ1) is 17.1. The molecule has 2 amide bonds. The minimum atomic E-state index is -0.985. The van der Waals surface area contributed by atoms with Crippen molar-refractivity contribution < 1.29 is 23.8 Å². The van der Waals surface area contributed by atoms with Gasteiger partial charge < -0.3 is 19.9 Å². The molecule has 1 aliphatic rings. The van der Waals surface area contributed by atoms with Gasteiger partial charge in [-0.1, -0.05) is 19.9 Å². The summed E-state index contributed by atoms with van der Waals surface area (Å²) in [5.41, 5.74) is 6.60. The molecule has 0 saturated carbocycles. The van der Waals surface area contributed by atoms with E-state index < -0.39 is 18.0 Å². The summed E-state index contributed by atoms with van der Waals surface area (Å²) in [6, 6.07) is 3.69.